The van der Waals surface area contributed by atoms with Crippen molar-refractivity contribution in [1.82, 2.24) is 19.2 Å². The Morgan fingerprint density at radius 1 is 1.54 bits per heavy atom. The van der Waals surface area contributed by atoms with E-state index in [1.807, 2.05) is 0 Å². The molecule has 7 nitrogen and oxygen atoms in total. The van der Waals surface area contributed by atoms with E-state index in [9.17, 15) is 4.79 Å². The SMILES string of the molecule is Cn1cnc2c(=O)n(N)c(N)nc21. The number of hydrogen-bond donors (Lipinski definition) is 2. The molecule has 2 rings (SSSR count). The quantitative estimate of drug-likeness (QED) is 0.476. The lowest BCUT2D eigenvalue weighted by Crippen LogP contribution is -2.30. The molecule has 0 amide bonds. The molecule has 0 unspecified atom stereocenters. The van der Waals surface area contributed by atoms with Crippen LogP contribution in [0.3, 0.4) is 0 Å². The highest BCUT2D eigenvalue weighted by Crippen LogP contribution is 2.04. The van der Waals surface area contributed by atoms with Crippen molar-refractivity contribution >= 4 is 17.1 Å². The van der Waals surface area contributed by atoms with E-state index in [0.29, 0.717) is 5.65 Å². The van der Waals surface area contributed by atoms with Crippen LogP contribution >= 0.6 is 0 Å². The van der Waals surface area contributed by atoms with Gasteiger partial charge in [0.25, 0.3) is 0 Å². The van der Waals surface area contributed by atoms with Gasteiger partial charge in [-0.3, -0.25) is 4.79 Å². The number of aromatic nitrogens is 4. The van der Waals surface area contributed by atoms with Gasteiger partial charge in [-0.05, 0) is 0 Å². The lowest BCUT2D eigenvalue weighted by molar-refractivity contribution is 0.900. The summed E-state index contributed by atoms with van der Waals surface area (Å²) in [6.45, 7) is 0. The second kappa shape index (κ2) is 2.22. The Bertz CT molecular complexity index is 524. The number of fused-ring (bicyclic) bond motifs is 1. The highest BCUT2D eigenvalue weighted by Gasteiger charge is 2.09. The molecule has 0 spiro atoms. The van der Waals surface area contributed by atoms with Gasteiger partial charge in [0.05, 0.1) is 6.33 Å². The van der Waals surface area contributed by atoms with Crippen LogP contribution in [-0.2, 0) is 7.05 Å². The minimum Gasteiger partial charge on any atom is -0.368 e. The second-order valence-electron chi connectivity index (χ2n) is 2.67. The van der Waals surface area contributed by atoms with Crippen molar-refractivity contribution in [3.8, 4) is 0 Å². The molecule has 13 heavy (non-hydrogen) atoms. The fourth-order valence-corrected chi connectivity index (χ4v) is 1.09. The Balaban J connectivity index is 3.05. The maximum absolute atomic E-state index is 11.4. The van der Waals surface area contributed by atoms with Crippen LogP contribution in [-0.4, -0.2) is 19.2 Å². The number of nitrogens with two attached hydrogens (primary N) is 2. The van der Waals surface area contributed by atoms with Crippen LogP contribution in [0, 0.1) is 0 Å². The summed E-state index contributed by atoms with van der Waals surface area (Å²) < 4.78 is 2.38. The molecule has 0 atom stereocenters. The molecule has 4 N–H and O–H groups in total. The summed E-state index contributed by atoms with van der Waals surface area (Å²) in [5.41, 5.74) is 5.61. The smallest absolute Gasteiger partial charge is 0.301 e. The predicted octanol–water partition coefficient (Wildman–Crippen LogP) is -1.57. The number of rotatable bonds is 0. The molecule has 0 fully saturated rings. The number of nitrogen functional groups attached to an aromatic ring is 2. The lowest BCUT2D eigenvalue weighted by Gasteiger charge is -2.00. The van der Waals surface area contributed by atoms with Gasteiger partial charge in [0.15, 0.2) is 11.2 Å². The second-order valence-corrected chi connectivity index (χ2v) is 2.67. The topological polar surface area (TPSA) is 105 Å². The zero-order chi connectivity index (χ0) is 9.59. The van der Waals surface area contributed by atoms with Gasteiger partial charge in [0, 0.05) is 7.05 Å². The van der Waals surface area contributed by atoms with Crippen molar-refractivity contribution < 1.29 is 0 Å². The number of hydrogen-bond acceptors (Lipinski definition) is 5. The van der Waals surface area contributed by atoms with Gasteiger partial charge in [-0.1, -0.05) is 0 Å². The van der Waals surface area contributed by atoms with Gasteiger partial charge in [0.1, 0.15) is 0 Å². The van der Waals surface area contributed by atoms with Gasteiger partial charge in [-0.15, -0.1) is 0 Å². The van der Waals surface area contributed by atoms with Crippen molar-refractivity contribution in [3.63, 3.8) is 0 Å². The Labute approximate surface area is 72.6 Å². The van der Waals surface area contributed by atoms with E-state index >= 15 is 0 Å². The van der Waals surface area contributed by atoms with E-state index < -0.39 is 5.56 Å². The predicted molar refractivity (Wildman–Crippen MR) is 47.3 cm³/mol. The van der Waals surface area contributed by atoms with E-state index in [2.05, 4.69) is 9.97 Å². The van der Waals surface area contributed by atoms with Crippen molar-refractivity contribution in [2.45, 2.75) is 0 Å². The first kappa shape index (κ1) is 7.59. The Morgan fingerprint density at radius 3 is 2.92 bits per heavy atom. The summed E-state index contributed by atoms with van der Waals surface area (Å²) in [5.74, 6) is 5.30. The molecule has 7 heteroatoms. The van der Waals surface area contributed by atoms with E-state index in [0.717, 1.165) is 4.68 Å². The van der Waals surface area contributed by atoms with Crippen molar-refractivity contribution in [2.24, 2.45) is 7.05 Å². The standard InChI is InChI=1S/C6H8N6O/c1-11-2-9-3-4(11)10-6(7)12(8)5(3)13/h2H,8H2,1H3,(H2,7,10). The maximum Gasteiger partial charge on any atom is 0.301 e. The number of anilines is 1. The first-order valence-electron chi connectivity index (χ1n) is 3.56. The molecule has 2 aromatic heterocycles. The van der Waals surface area contributed by atoms with Crippen LogP contribution in [0.5, 0.6) is 0 Å². The van der Waals surface area contributed by atoms with Crippen LogP contribution in [0.25, 0.3) is 11.2 Å². The van der Waals surface area contributed by atoms with Gasteiger partial charge >= 0.3 is 5.56 Å². The van der Waals surface area contributed by atoms with Gasteiger partial charge in [-0.2, -0.15) is 9.66 Å². The average Bonchev–Trinajstić information content (AvgIpc) is 2.45. The van der Waals surface area contributed by atoms with E-state index in [1.54, 1.807) is 11.6 Å². The van der Waals surface area contributed by atoms with Gasteiger partial charge in [0.2, 0.25) is 5.95 Å². The fourth-order valence-electron chi connectivity index (χ4n) is 1.09. The van der Waals surface area contributed by atoms with E-state index in [4.69, 9.17) is 11.6 Å². The monoisotopic (exact) mass is 180 g/mol. The van der Waals surface area contributed by atoms with Crippen molar-refractivity contribution in [2.75, 3.05) is 11.6 Å². The van der Waals surface area contributed by atoms with Crippen LogP contribution < -0.4 is 17.1 Å². The van der Waals surface area contributed by atoms with Crippen molar-refractivity contribution in [3.05, 3.63) is 16.7 Å². The molecule has 0 saturated carbocycles. The minimum atomic E-state index is -0.442. The normalized spacial score (nSPS) is 10.8. The molecule has 0 aliphatic rings. The number of aryl methyl sites for hydroxylation is 1. The van der Waals surface area contributed by atoms with Crippen LogP contribution in [0.15, 0.2) is 11.1 Å². The number of nitrogens with zero attached hydrogens (tertiary/aromatic N) is 4. The molecular weight excluding hydrogens is 172 g/mol. The molecule has 0 radical (unpaired) electrons. The molecule has 68 valence electrons. The molecule has 2 heterocycles. The summed E-state index contributed by atoms with van der Waals surface area (Å²) in [6.07, 6.45) is 1.48. The largest absolute Gasteiger partial charge is 0.368 e. The Hall–Kier alpha value is -2.05. The molecule has 0 aromatic carbocycles. The fraction of sp³-hybridized carbons (Fsp3) is 0.167. The van der Waals surface area contributed by atoms with Gasteiger partial charge < -0.3 is 16.1 Å². The molecule has 0 bridgehead atoms. The highest BCUT2D eigenvalue weighted by atomic mass is 16.1. The van der Waals surface area contributed by atoms with Crippen LogP contribution in [0.4, 0.5) is 5.95 Å². The molecular formula is C6H8N6O. The Kier molecular flexibility index (Phi) is 1.30. The first-order chi connectivity index (χ1) is 6.11. The minimum absolute atomic E-state index is 0.0268. The van der Waals surface area contributed by atoms with Crippen LogP contribution in [0.1, 0.15) is 0 Å². The van der Waals surface area contributed by atoms with Crippen LogP contribution in [0.2, 0.25) is 0 Å². The molecule has 0 aliphatic carbocycles. The third-order valence-electron chi connectivity index (χ3n) is 1.79. The Morgan fingerprint density at radius 2 is 2.23 bits per heavy atom. The summed E-state index contributed by atoms with van der Waals surface area (Å²) in [7, 11) is 1.72. The summed E-state index contributed by atoms with van der Waals surface area (Å²) in [5, 5.41) is 0. The zero-order valence-electron chi connectivity index (χ0n) is 6.93. The molecule has 0 saturated heterocycles. The summed E-state index contributed by atoms with van der Waals surface area (Å²) >= 11 is 0. The summed E-state index contributed by atoms with van der Waals surface area (Å²) in [4.78, 5) is 19.2. The first-order valence-corrected chi connectivity index (χ1v) is 3.56. The third kappa shape index (κ3) is 0.866. The maximum atomic E-state index is 11.4. The molecule has 0 aliphatic heterocycles. The zero-order valence-corrected chi connectivity index (χ0v) is 6.93. The summed E-state index contributed by atoms with van der Waals surface area (Å²) in [6, 6.07) is 0. The highest BCUT2D eigenvalue weighted by molar-refractivity contribution is 5.70. The number of imidazole rings is 1. The van der Waals surface area contributed by atoms with E-state index in [1.165, 1.54) is 6.33 Å². The third-order valence-corrected chi connectivity index (χ3v) is 1.79. The molecule has 2 aromatic rings. The van der Waals surface area contributed by atoms with Gasteiger partial charge in [-0.25, -0.2) is 4.98 Å². The lowest BCUT2D eigenvalue weighted by atomic mass is 10.5. The van der Waals surface area contributed by atoms with Crippen molar-refractivity contribution in [1.29, 1.82) is 0 Å². The average molecular weight is 180 g/mol. The van der Waals surface area contributed by atoms with E-state index in [-0.39, 0.29) is 11.5 Å².